The van der Waals surface area contributed by atoms with Crippen LogP contribution in [0.15, 0.2) is 24.3 Å². The average molecular weight is 299 g/mol. The molecule has 22 heavy (non-hydrogen) atoms. The van der Waals surface area contributed by atoms with Crippen molar-refractivity contribution in [2.24, 2.45) is 0 Å². The van der Waals surface area contributed by atoms with Crippen LogP contribution in [0.2, 0.25) is 0 Å². The molecule has 3 rings (SSSR count). The van der Waals surface area contributed by atoms with E-state index in [4.69, 9.17) is 10.5 Å². The van der Waals surface area contributed by atoms with Crippen molar-refractivity contribution < 1.29 is 9.53 Å². The molecule has 1 amide bonds. The van der Waals surface area contributed by atoms with Gasteiger partial charge in [0.05, 0.1) is 18.0 Å². The predicted molar refractivity (Wildman–Crippen MR) is 84.7 cm³/mol. The molecule has 0 saturated carbocycles. The Kier molecular flexibility index (Phi) is 3.32. The Labute approximate surface area is 127 Å². The molecule has 1 aromatic carbocycles. The summed E-state index contributed by atoms with van der Waals surface area (Å²) < 4.78 is 6.76. The Morgan fingerprint density at radius 1 is 1.36 bits per heavy atom. The summed E-state index contributed by atoms with van der Waals surface area (Å²) in [4.78, 5) is 18.0. The Hall–Kier alpha value is -2.83. The van der Waals surface area contributed by atoms with Gasteiger partial charge in [0.1, 0.15) is 12.3 Å². The van der Waals surface area contributed by atoms with E-state index in [9.17, 15) is 4.79 Å². The number of hydrogen-bond acceptors (Lipinski definition) is 5. The second-order valence-electron chi connectivity index (χ2n) is 5.25. The highest BCUT2D eigenvalue weighted by Gasteiger charge is 2.14. The van der Waals surface area contributed by atoms with E-state index in [0.717, 1.165) is 22.0 Å². The van der Waals surface area contributed by atoms with E-state index in [0.29, 0.717) is 11.5 Å². The number of benzene rings is 1. The topological polar surface area (TPSA) is 86.3 Å². The number of carbonyl (C=O) groups is 1. The largest absolute Gasteiger partial charge is 0.497 e. The first-order valence-corrected chi connectivity index (χ1v) is 6.80. The van der Waals surface area contributed by atoms with Gasteiger partial charge in [-0.1, -0.05) is 0 Å². The Balaban J connectivity index is 2.16. The van der Waals surface area contributed by atoms with E-state index in [1.807, 2.05) is 24.3 Å². The van der Waals surface area contributed by atoms with Gasteiger partial charge in [0.2, 0.25) is 5.91 Å². The van der Waals surface area contributed by atoms with E-state index in [2.05, 4.69) is 10.1 Å². The van der Waals surface area contributed by atoms with Crippen LogP contribution in [-0.4, -0.2) is 46.8 Å². The van der Waals surface area contributed by atoms with Gasteiger partial charge in [-0.3, -0.25) is 4.79 Å². The molecule has 2 heterocycles. The lowest BCUT2D eigenvalue weighted by Crippen LogP contribution is -2.26. The number of anilines is 1. The van der Waals surface area contributed by atoms with E-state index < -0.39 is 0 Å². The fourth-order valence-corrected chi connectivity index (χ4v) is 2.27. The van der Waals surface area contributed by atoms with Crippen molar-refractivity contribution in [2.45, 2.75) is 6.54 Å². The van der Waals surface area contributed by atoms with E-state index in [1.54, 1.807) is 21.2 Å². The third-order valence-corrected chi connectivity index (χ3v) is 3.53. The second-order valence-corrected chi connectivity index (χ2v) is 5.25. The van der Waals surface area contributed by atoms with Crippen molar-refractivity contribution in [1.82, 2.24) is 19.7 Å². The highest BCUT2D eigenvalue weighted by atomic mass is 16.5. The summed E-state index contributed by atoms with van der Waals surface area (Å²) in [5, 5.41) is 5.87. The minimum atomic E-state index is -0.0685. The smallest absolute Gasteiger partial charge is 0.243 e. The predicted octanol–water partition coefficient (Wildman–Crippen LogP) is 1.26. The molecular formula is C15H17N5O2. The normalized spacial score (nSPS) is 11.0. The second kappa shape index (κ2) is 5.18. The molecule has 114 valence electrons. The SMILES string of the molecule is COc1ccc2nc3c(cc2c1)c(N)nn3CC(=O)N(C)C. The number of aromatic nitrogens is 3. The molecule has 3 aromatic rings. The lowest BCUT2D eigenvalue weighted by molar-refractivity contribution is -0.129. The summed E-state index contributed by atoms with van der Waals surface area (Å²) >= 11 is 0. The zero-order valence-corrected chi connectivity index (χ0v) is 12.7. The number of pyridine rings is 1. The zero-order chi connectivity index (χ0) is 15.9. The molecule has 0 bridgehead atoms. The quantitative estimate of drug-likeness (QED) is 0.787. The molecule has 0 aliphatic heterocycles. The number of likely N-dealkylation sites (N-methyl/N-ethyl adjacent to an activating group) is 1. The van der Waals surface area contributed by atoms with Crippen LogP contribution >= 0.6 is 0 Å². The molecule has 0 atom stereocenters. The van der Waals surface area contributed by atoms with Crippen LogP contribution in [-0.2, 0) is 11.3 Å². The number of ether oxygens (including phenoxy) is 1. The molecule has 0 saturated heterocycles. The number of fused-ring (bicyclic) bond motifs is 2. The van der Waals surface area contributed by atoms with Crippen molar-refractivity contribution in [3.8, 4) is 5.75 Å². The third kappa shape index (κ3) is 2.30. The van der Waals surface area contributed by atoms with Gasteiger partial charge >= 0.3 is 0 Å². The molecule has 2 N–H and O–H groups in total. The number of hydrogen-bond donors (Lipinski definition) is 1. The lowest BCUT2D eigenvalue weighted by Gasteiger charge is -2.10. The number of nitrogen functional groups attached to an aromatic ring is 1. The van der Waals surface area contributed by atoms with Crippen molar-refractivity contribution in [1.29, 1.82) is 0 Å². The molecule has 0 radical (unpaired) electrons. The Morgan fingerprint density at radius 3 is 2.82 bits per heavy atom. The maximum absolute atomic E-state index is 11.9. The minimum absolute atomic E-state index is 0.0685. The first-order valence-electron chi connectivity index (χ1n) is 6.80. The molecular weight excluding hydrogens is 282 g/mol. The van der Waals surface area contributed by atoms with Gasteiger partial charge in [-0.2, -0.15) is 5.10 Å². The molecule has 2 aromatic heterocycles. The number of rotatable bonds is 3. The average Bonchev–Trinajstić information content (AvgIpc) is 2.80. The van der Waals surface area contributed by atoms with Gasteiger partial charge in [-0.05, 0) is 24.3 Å². The lowest BCUT2D eigenvalue weighted by atomic mass is 10.2. The number of nitrogens with zero attached hydrogens (tertiary/aromatic N) is 4. The van der Waals surface area contributed by atoms with Crippen LogP contribution in [0.4, 0.5) is 5.82 Å². The molecule has 0 spiro atoms. The number of methoxy groups -OCH3 is 1. The highest BCUT2D eigenvalue weighted by molar-refractivity contribution is 5.97. The summed E-state index contributed by atoms with van der Waals surface area (Å²) in [7, 11) is 5.02. The fraction of sp³-hybridized carbons (Fsp3) is 0.267. The van der Waals surface area contributed by atoms with Crippen molar-refractivity contribution >= 4 is 33.7 Å². The third-order valence-electron chi connectivity index (χ3n) is 3.53. The molecule has 0 aliphatic rings. The van der Waals surface area contributed by atoms with Crippen LogP contribution in [0.5, 0.6) is 5.75 Å². The maximum atomic E-state index is 11.9. The number of carbonyl (C=O) groups excluding carboxylic acids is 1. The van der Waals surface area contributed by atoms with Crippen LogP contribution in [0.3, 0.4) is 0 Å². The van der Waals surface area contributed by atoms with Crippen molar-refractivity contribution in [3.63, 3.8) is 0 Å². The van der Waals surface area contributed by atoms with Gasteiger partial charge in [-0.15, -0.1) is 0 Å². The van der Waals surface area contributed by atoms with E-state index in [1.165, 1.54) is 9.58 Å². The zero-order valence-electron chi connectivity index (χ0n) is 12.7. The van der Waals surface area contributed by atoms with Crippen LogP contribution < -0.4 is 10.5 Å². The fourth-order valence-electron chi connectivity index (χ4n) is 2.27. The standard InChI is InChI=1S/C15H17N5O2/c1-19(2)13(21)8-20-15-11(14(16)18-20)7-9-6-10(22-3)4-5-12(9)17-15/h4-7H,8H2,1-3H3,(H2,16,18). The van der Waals surface area contributed by atoms with Gasteiger partial charge < -0.3 is 15.4 Å². The number of nitrogens with two attached hydrogens (primary N) is 1. The van der Waals surface area contributed by atoms with Crippen LogP contribution in [0.25, 0.3) is 21.9 Å². The summed E-state index contributed by atoms with van der Waals surface area (Å²) in [5.74, 6) is 1.04. The van der Waals surface area contributed by atoms with Crippen molar-refractivity contribution in [3.05, 3.63) is 24.3 Å². The van der Waals surface area contributed by atoms with Gasteiger partial charge in [0.25, 0.3) is 0 Å². The first-order chi connectivity index (χ1) is 10.5. The molecule has 7 nitrogen and oxygen atoms in total. The van der Waals surface area contributed by atoms with Crippen LogP contribution in [0.1, 0.15) is 0 Å². The van der Waals surface area contributed by atoms with E-state index in [-0.39, 0.29) is 12.5 Å². The number of amides is 1. The Morgan fingerprint density at radius 2 is 2.14 bits per heavy atom. The minimum Gasteiger partial charge on any atom is -0.497 e. The summed E-state index contributed by atoms with van der Waals surface area (Å²) in [6, 6.07) is 7.52. The molecule has 0 unspecified atom stereocenters. The van der Waals surface area contributed by atoms with Gasteiger partial charge in [-0.25, -0.2) is 9.67 Å². The van der Waals surface area contributed by atoms with Crippen molar-refractivity contribution in [2.75, 3.05) is 26.9 Å². The van der Waals surface area contributed by atoms with Crippen LogP contribution in [0, 0.1) is 0 Å². The van der Waals surface area contributed by atoms with E-state index >= 15 is 0 Å². The highest BCUT2D eigenvalue weighted by Crippen LogP contribution is 2.26. The summed E-state index contributed by atoms with van der Waals surface area (Å²) in [6.45, 7) is 0.107. The maximum Gasteiger partial charge on any atom is 0.243 e. The summed E-state index contributed by atoms with van der Waals surface area (Å²) in [5.41, 5.74) is 7.36. The molecule has 7 heteroatoms. The van der Waals surface area contributed by atoms with Gasteiger partial charge in [0, 0.05) is 19.5 Å². The van der Waals surface area contributed by atoms with Gasteiger partial charge in [0.15, 0.2) is 11.5 Å². The monoisotopic (exact) mass is 299 g/mol. The Bertz CT molecular complexity index is 869. The molecule has 0 aliphatic carbocycles. The molecule has 0 fully saturated rings. The first kappa shape index (κ1) is 14.1. The summed E-state index contributed by atoms with van der Waals surface area (Å²) in [6.07, 6.45) is 0.